The Labute approximate surface area is 112 Å². The third-order valence-electron chi connectivity index (χ3n) is 2.16. The summed E-state index contributed by atoms with van der Waals surface area (Å²) in [5, 5.41) is 9.60. The van der Waals surface area contributed by atoms with Gasteiger partial charge in [0.2, 0.25) is 0 Å². The van der Waals surface area contributed by atoms with Crippen LogP contribution < -0.4 is 0 Å². The molecule has 0 radical (unpaired) electrons. The molecule has 1 N–H and O–H groups in total. The number of aliphatic carboxylic acids is 1. The van der Waals surface area contributed by atoms with Crippen molar-refractivity contribution in [1.82, 2.24) is 15.0 Å². The minimum atomic E-state index is -0.837. The Kier molecular flexibility index (Phi) is 3.93. The lowest BCUT2D eigenvalue weighted by Crippen LogP contribution is -1.99. The standard InChI is InChI=1S/C11H11N3O2S2/c1-6-3-9(13-5-12-6)18-11-14-7(2)8(17-11)4-10(15)16/h3,5H,4H2,1-2H3,(H,15,16). The van der Waals surface area contributed by atoms with Crippen LogP contribution in [0.4, 0.5) is 0 Å². The summed E-state index contributed by atoms with van der Waals surface area (Å²) < 4.78 is 0.807. The summed E-state index contributed by atoms with van der Waals surface area (Å²) in [4.78, 5) is 24.0. The van der Waals surface area contributed by atoms with Crippen LogP contribution >= 0.6 is 23.1 Å². The number of rotatable bonds is 4. The first kappa shape index (κ1) is 13.0. The number of nitrogens with zero attached hydrogens (tertiary/aromatic N) is 3. The van der Waals surface area contributed by atoms with Gasteiger partial charge in [-0.25, -0.2) is 15.0 Å². The Balaban J connectivity index is 2.17. The summed E-state index contributed by atoms with van der Waals surface area (Å²) >= 11 is 2.83. The summed E-state index contributed by atoms with van der Waals surface area (Å²) in [7, 11) is 0. The molecule has 0 bridgehead atoms. The molecule has 0 saturated carbocycles. The zero-order valence-corrected chi connectivity index (χ0v) is 11.5. The first-order chi connectivity index (χ1) is 8.54. The lowest BCUT2D eigenvalue weighted by Gasteiger charge is -1.96. The predicted molar refractivity (Wildman–Crippen MR) is 69.1 cm³/mol. The molecule has 0 spiro atoms. The van der Waals surface area contributed by atoms with Crippen LogP contribution in [-0.4, -0.2) is 26.0 Å². The maximum Gasteiger partial charge on any atom is 0.308 e. The number of thiazole rings is 1. The fourth-order valence-electron chi connectivity index (χ4n) is 1.32. The number of hydrogen-bond acceptors (Lipinski definition) is 6. The highest BCUT2D eigenvalue weighted by atomic mass is 32.2. The molecule has 0 amide bonds. The molecule has 5 nitrogen and oxygen atoms in total. The average molecular weight is 281 g/mol. The molecule has 2 rings (SSSR count). The van der Waals surface area contributed by atoms with Crippen molar-refractivity contribution in [2.75, 3.05) is 0 Å². The zero-order valence-electron chi connectivity index (χ0n) is 9.88. The zero-order chi connectivity index (χ0) is 13.1. The largest absolute Gasteiger partial charge is 0.481 e. The molecule has 0 atom stereocenters. The molecule has 2 aromatic heterocycles. The van der Waals surface area contributed by atoms with Gasteiger partial charge in [0.15, 0.2) is 4.34 Å². The second-order valence-electron chi connectivity index (χ2n) is 3.66. The highest BCUT2D eigenvalue weighted by molar-refractivity contribution is 8.01. The molecule has 0 fully saturated rings. The Hall–Kier alpha value is -1.47. The lowest BCUT2D eigenvalue weighted by atomic mass is 10.3. The Bertz CT molecular complexity index is 583. The van der Waals surface area contributed by atoms with E-state index in [2.05, 4.69) is 15.0 Å². The normalized spacial score (nSPS) is 10.6. The van der Waals surface area contributed by atoms with Crippen molar-refractivity contribution >= 4 is 29.1 Å². The van der Waals surface area contributed by atoms with E-state index in [9.17, 15) is 4.79 Å². The van der Waals surface area contributed by atoms with E-state index in [0.717, 1.165) is 25.6 Å². The molecule has 18 heavy (non-hydrogen) atoms. The van der Waals surface area contributed by atoms with E-state index in [1.807, 2.05) is 19.9 Å². The van der Waals surface area contributed by atoms with Gasteiger partial charge in [-0.3, -0.25) is 4.79 Å². The van der Waals surface area contributed by atoms with E-state index in [0.29, 0.717) is 0 Å². The molecule has 0 aliphatic heterocycles. The molecule has 7 heteroatoms. The number of aromatic nitrogens is 3. The van der Waals surface area contributed by atoms with Crippen LogP contribution in [0.5, 0.6) is 0 Å². The van der Waals surface area contributed by atoms with Crippen LogP contribution in [0.25, 0.3) is 0 Å². The molecular formula is C11H11N3O2S2. The second-order valence-corrected chi connectivity index (χ2v) is 6.01. The van der Waals surface area contributed by atoms with Gasteiger partial charge in [0.05, 0.1) is 12.1 Å². The summed E-state index contributed by atoms with van der Waals surface area (Å²) in [6.07, 6.45) is 1.53. The molecule has 0 saturated heterocycles. The average Bonchev–Trinajstić information content (AvgIpc) is 2.58. The molecule has 0 aromatic carbocycles. The van der Waals surface area contributed by atoms with Crippen molar-refractivity contribution in [2.45, 2.75) is 29.6 Å². The van der Waals surface area contributed by atoms with Crippen LogP contribution in [0.1, 0.15) is 16.3 Å². The third-order valence-corrected chi connectivity index (χ3v) is 4.31. The third kappa shape index (κ3) is 3.27. The molecule has 2 heterocycles. The highest BCUT2D eigenvalue weighted by Crippen LogP contribution is 2.32. The van der Waals surface area contributed by atoms with Crippen molar-refractivity contribution in [1.29, 1.82) is 0 Å². The second kappa shape index (κ2) is 5.45. The van der Waals surface area contributed by atoms with E-state index in [4.69, 9.17) is 5.11 Å². The van der Waals surface area contributed by atoms with Crippen LogP contribution in [0.3, 0.4) is 0 Å². The van der Waals surface area contributed by atoms with Crippen molar-refractivity contribution in [3.8, 4) is 0 Å². The topological polar surface area (TPSA) is 76.0 Å². The van der Waals surface area contributed by atoms with Gasteiger partial charge in [-0.1, -0.05) is 0 Å². The fourth-order valence-corrected chi connectivity index (χ4v) is 3.52. The SMILES string of the molecule is Cc1cc(Sc2nc(C)c(CC(=O)O)s2)ncn1. The van der Waals surface area contributed by atoms with Gasteiger partial charge in [-0.15, -0.1) is 11.3 Å². The van der Waals surface area contributed by atoms with E-state index < -0.39 is 5.97 Å². The number of aryl methyl sites for hydroxylation is 2. The predicted octanol–water partition coefficient (Wildman–Crippen LogP) is 2.33. The van der Waals surface area contributed by atoms with Gasteiger partial charge < -0.3 is 5.11 Å². The van der Waals surface area contributed by atoms with Gasteiger partial charge in [0, 0.05) is 10.6 Å². The van der Waals surface area contributed by atoms with Crippen molar-refractivity contribution in [2.24, 2.45) is 0 Å². The summed E-state index contributed by atoms with van der Waals surface area (Å²) in [6, 6.07) is 1.87. The fraction of sp³-hybridized carbons (Fsp3) is 0.273. The number of carboxylic acids is 1. The smallest absolute Gasteiger partial charge is 0.308 e. The summed E-state index contributed by atoms with van der Waals surface area (Å²) in [5.41, 5.74) is 1.67. The first-order valence-electron chi connectivity index (χ1n) is 5.19. The quantitative estimate of drug-likeness (QED) is 0.867. The molecule has 0 aliphatic carbocycles. The van der Waals surface area contributed by atoms with Crippen molar-refractivity contribution in [3.63, 3.8) is 0 Å². The number of hydrogen-bond donors (Lipinski definition) is 1. The van der Waals surface area contributed by atoms with Gasteiger partial charge in [0.25, 0.3) is 0 Å². The van der Waals surface area contributed by atoms with E-state index in [1.165, 1.54) is 29.4 Å². The van der Waals surface area contributed by atoms with E-state index in [1.54, 1.807) is 0 Å². The van der Waals surface area contributed by atoms with Crippen LogP contribution in [0.2, 0.25) is 0 Å². The van der Waals surface area contributed by atoms with Crippen LogP contribution in [-0.2, 0) is 11.2 Å². The summed E-state index contributed by atoms with van der Waals surface area (Å²) in [5.74, 6) is -0.837. The van der Waals surface area contributed by atoms with Gasteiger partial charge in [0.1, 0.15) is 11.4 Å². The molecule has 0 unspecified atom stereocenters. The maximum atomic E-state index is 10.7. The highest BCUT2D eigenvalue weighted by Gasteiger charge is 2.12. The molecule has 2 aromatic rings. The Morgan fingerprint density at radius 2 is 2.22 bits per heavy atom. The van der Waals surface area contributed by atoms with Gasteiger partial charge >= 0.3 is 5.97 Å². The van der Waals surface area contributed by atoms with E-state index in [-0.39, 0.29) is 6.42 Å². The van der Waals surface area contributed by atoms with E-state index >= 15 is 0 Å². The van der Waals surface area contributed by atoms with Crippen LogP contribution in [0, 0.1) is 13.8 Å². The number of carboxylic acid groups (broad SMARTS) is 1. The minimum absolute atomic E-state index is 0.0207. The van der Waals surface area contributed by atoms with Gasteiger partial charge in [-0.05, 0) is 31.7 Å². The maximum absolute atomic E-state index is 10.7. The van der Waals surface area contributed by atoms with Crippen molar-refractivity contribution in [3.05, 3.63) is 28.7 Å². The monoisotopic (exact) mass is 281 g/mol. The molecular weight excluding hydrogens is 270 g/mol. The lowest BCUT2D eigenvalue weighted by molar-refractivity contribution is -0.136. The summed E-state index contributed by atoms with van der Waals surface area (Å²) in [6.45, 7) is 3.72. The van der Waals surface area contributed by atoms with Gasteiger partial charge in [-0.2, -0.15) is 0 Å². The molecule has 94 valence electrons. The Morgan fingerprint density at radius 3 is 2.89 bits per heavy atom. The Morgan fingerprint density at radius 1 is 1.44 bits per heavy atom. The first-order valence-corrected chi connectivity index (χ1v) is 6.82. The van der Waals surface area contributed by atoms with Crippen LogP contribution in [0.15, 0.2) is 21.8 Å². The van der Waals surface area contributed by atoms with Crippen molar-refractivity contribution < 1.29 is 9.90 Å². The number of carbonyl (C=O) groups is 1. The minimum Gasteiger partial charge on any atom is -0.481 e. The molecule has 0 aliphatic rings.